The number of carbonyl (C=O) groups is 2. The summed E-state index contributed by atoms with van der Waals surface area (Å²) in [5, 5.41) is 6.02. The lowest BCUT2D eigenvalue weighted by Crippen LogP contribution is -2.55. The summed E-state index contributed by atoms with van der Waals surface area (Å²) in [4.78, 5) is 25.1. The van der Waals surface area contributed by atoms with Crippen LogP contribution >= 0.6 is 0 Å². The Bertz CT molecular complexity index is 630. The molecule has 1 atom stereocenters. The van der Waals surface area contributed by atoms with Crippen LogP contribution in [0.5, 0.6) is 0 Å². The van der Waals surface area contributed by atoms with E-state index in [4.69, 9.17) is 4.42 Å². The Morgan fingerprint density at radius 2 is 1.77 bits per heavy atom. The number of amides is 2. The van der Waals surface area contributed by atoms with E-state index in [2.05, 4.69) is 10.6 Å². The van der Waals surface area contributed by atoms with Gasteiger partial charge in [-0.25, -0.2) is 0 Å². The number of hydrogen-bond acceptors (Lipinski definition) is 3. The Labute approximate surface area is 155 Å². The van der Waals surface area contributed by atoms with Gasteiger partial charge in [-0.3, -0.25) is 9.59 Å². The van der Waals surface area contributed by atoms with Crippen molar-refractivity contribution in [3.63, 3.8) is 0 Å². The molecule has 0 radical (unpaired) electrons. The highest BCUT2D eigenvalue weighted by Gasteiger charge is 2.50. The van der Waals surface area contributed by atoms with Crippen molar-refractivity contribution in [3.8, 4) is 0 Å². The summed E-state index contributed by atoms with van der Waals surface area (Å²) in [6, 6.07) is 2.74. The SMILES string of the molecule is CC(C)C(NC(=O)c1ccco1)C(=O)NCC12CC3CC(CC(C3)C1)C2. The molecule has 26 heavy (non-hydrogen) atoms. The van der Waals surface area contributed by atoms with Gasteiger partial charge in [-0.1, -0.05) is 13.8 Å². The molecule has 0 aromatic carbocycles. The van der Waals surface area contributed by atoms with Crippen LogP contribution in [0.25, 0.3) is 0 Å². The highest BCUT2D eigenvalue weighted by atomic mass is 16.3. The molecule has 1 aromatic rings. The van der Waals surface area contributed by atoms with Crippen molar-refractivity contribution in [1.29, 1.82) is 0 Å². The molecule has 142 valence electrons. The summed E-state index contributed by atoms with van der Waals surface area (Å²) in [6.45, 7) is 4.67. The van der Waals surface area contributed by atoms with Crippen molar-refractivity contribution in [3.05, 3.63) is 24.2 Å². The van der Waals surface area contributed by atoms with Crippen LogP contribution < -0.4 is 10.6 Å². The maximum absolute atomic E-state index is 12.8. The third-order valence-corrected chi connectivity index (χ3v) is 6.78. The molecule has 4 aliphatic carbocycles. The topological polar surface area (TPSA) is 71.3 Å². The fourth-order valence-electron chi connectivity index (χ4n) is 6.05. The van der Waals surface area contributed by atoms with E-state index < -0.39 is 6.04 Å². The second kappa shape index (κ2) is 6.75. The summed E-state index contributed by atoms with van der Waals surface area (Å²) in [6.07, 6.45) is 9.48. The Kier molecular flexibility index (Phi) is 4.57. The smallest absolute Gasteiger partial charge is 0.287 e. The fourth-order valence-corrected chi connectivity index (χ4v) is 6.05. The molecule has 1 unspecified atom stereocenters. The molecule has 5 nitrogen and oxygen atoms in total. The molecule has 4 saturated carbocycles. The van der Waals surface area contributed by atoms with Crippen molar-refractivity contribution in [2.45, 2.75) is 58.4 Å². The van der Waals surface area contributed by atoms with Crippen molar-refractivity contribution >= 4 is 11.8 Å². The lowest BCUT2D eigenvalue weighted by atomic mass is 9.49. The van der Waals surface area contributed by atoms with Gasteiger partial charge >= 0.3 is 0 Å². The van der Waals surface area contributed by atoms with Gasteiger partial charge < -0.3 is 15.1 Å². The summed E-state index contributed by atoms with van der Waals surface area (Å²) >= 11 is 0. The maximum Gasteiger partial charge on any atom is 0.287 e. The zero-order valence-corrected chi connectivity index (χ0v) is 15.8. The molecular weight excluding hydrogens is 328 g/mol. The van der Waals surface area contributed by atoms with E-state index in [1.807, 2.05) is 13.8 Å². The van der Waals surface area contributed by atoms with Crippen LogP contribution in [0.1, 0.15) is 62.9 Å². The second-order valence-corrected chi connectivity index (χ2v) is 9.31. The normalized spacial score (nSPS) is 33.3. The Hall–Kier alpha value is -1.78. The van der Waals surface area contributed by atoms with Crippen LogP contribution in [0.2, 0.25) is 0 Å². The maximum atomic E-state index is 12.8. The molecule has 0 spiro atoms. The predicted octanol–water partition coefficient (Wildman–Crippen LogP) is 3.37. The fraction of sp³-hybridized carbons (Fsp3) is 0.714. The lowest BCUT2D eigenvalue weighted by molar-refractivity contribution is -0.126. The van der Waals surface area contributed by atoms with Crippen molar-refractivity contribution in [2.75, 3.05) is 6.54 Å². The summed E-state index contributed by atoms with van der Waals surface area (Å²) in [5.74, 6) is 2.47. The Morgan fingerprint density at radius 3 is 2.27 bits per heavy atom. The van der Waals surface area contributed by atoms with Gasteiger partial charge in [0.05, 0.1) is 6.26 Å². The van der Waals surface area contributed by atoms with E-state index in [-0.39, 0.29) is 23.5 Å². The van der Waals surface area contributed by atoms with Crippen molar-refractivity contribution < 1.29 is 14.0 Å². The first-order valence-corrected chi connectivity index (χ1v) is 10.1. The number of nitrogens with one attached hydrogen (secondary N) is 2. The molecule has 4 aliphatic rings. The Balaban J connectivity index is 1.37. The minimum Gasteiger partial charge on any atom is -0.459 e. The highest BCUT2D eigenvalue weighted by Crippen LogP contribution is 2.59. The molecule has 5 heteroatoms. The molecule has 1 aromatic heterocycles. The van der Waals surface area contributed by atoms with Gasteiger partial charge in [-0.15, -0.1) is 0 Å². The van der Waals surface area contributed by atoms with Gasteiger partial charge in [0.15, 0.2) is 5.76 Å². The van der Waals surface area contributed by atoms with E-state index in [1.165, 1.54) is 44.8 Å². The van der Waals surface area contributed by atoms with Crippen LogP contribution in [-0.4, -0.2) is 24.4 Å². The standard InChI is InChI=1S/C21H30N2O3/c1-13(2)18(23-19(24)17-4-3-5-26-17)20(25)22-12-21-9-14-6-15(10-21)8-16(7-14)11-21/h3-5,13-16,18H,6-12H2,1-2H3,(H,22,25)(H,23,24). The monoisotopic (exact) mass is 358 g/mol. The van der Waals surface area contributed by atoms with Gasteiger partial charge in [-0.2, -0.15) is 0 Å². The molecule has 1 heterocycles. The van der Waals surface area contributed by atoms with Gasteiger partial charge in [0.25, 0.3) is 5.91 Å². The van der Waals surface area contributed by atoms with Crippen LogP contribution in [0.15, 0.2) is 22.8 Å². The average Bonchev–Trinajstić information content (AvgIpc) is 3.10. The summed E-state index contributed by atoms with van der Waals surface area (Å²) in [5.41, 5.74) is 0.303. The number of furan rings is 1. The van der Waals surface area contributed by atoms with Gasteiger partial charge in [0.2, 0.25) is 5.91 Å². The van der Waals surface area contributed by atoms with E-state index in [9.17, 15) is 9.59 Å². The first kappa shape index (κ1) is 17.6. The van der Waals surface area contributed by atoms with E-state index in [1.54, 1.807) is 12.1 Å². The summed E-state index contributed by atoms with van der Waals surface area (Å²) in [7, 11) is 0. The van der Waals surface area contributed by atoms with Crippen LogP contribution in [0, 0.1) is 29.1 Å². The van der Waals surface area contributed by atoms with Gasteiger partial charge in [0.1, 0.15) is 6.04 Å². The molecule has 0 aliphatic heterocycles. The zero-order valence-electron chi connectivity index (χ0n) is 15.8. The van der Waals surface area contributed by atoms with Crippen LogP contribution in [0.3, 0.4) is 0 Å². The number of rotatable bonds is 6. The largest absolute Gasteiger partial charge is 0.459 e. The molecule has 4 fully saturated rings. The van der Waals surface area contributed by atoms with Crippen LogP contribution in [0.4, 0.5) is 0 Å². The molecule has 5 rings (SSSR count). The number of carbonyl (C=O) groups excluding carboxylic acids is 2. The minimum absolute atomic E-state index is 0.0188. The van der Waals surface area contributed by atoms with Crippen molar-refractivity contribution in [1.82, 2.24) is 10.6 Å². The lowest BCUT2D eigenvalue weighted by Gasteiger charge is -2.57. The third-order valence-electron chi connectivity index (χ3n) is 6.78. The third kappa shape index (κ3) is 3.40. The molecule has 4 bridgehead atoms. The van der Waals surface area contributed by atoms with Crippen molar-refractivity contribution in [2.24, 2.45) is 29.1 Å². The number of hydrogen-bond donors (Lipinski definition) is 2. The molecule has 2 N–H and O–H groups in total. The summed E-state index contributed by atoms with van der Waals surface area (Å²) < 4.78 is 5.14. The molecule has 2 amide bonds. The van der Waals surface area contributed by atoms with Gasteiger partial charge in [0, 0.05) is 6.54 Å². The molecular formula is C21H30N2O3. The second-order valence-electron chi connectivity index (χ2n) is 9.31. The van der Waals surface area contributed by atoms with E-state index >= 15 is 0 Å². The predicted molar refractivity (Wildman–Crippen MR) is 98.4 cm³/mol. The van der Waals surface area contributed by atoms with E-state index in [0.29, 0.717) is 5.41 Å². The zero-order chi connectivity index (χ0) is 18.3. The minimum atomic E-state index is -0.540. The molecule has 0 saturated heterocycles. The highest BCUT2D eigenvalue weighted by molar-refractivity contribution is 5.95. The van der Waals surface area contributed by atoms with E-state index in [0.717, 1.165) is 24.3 Å². The quantitative estimate of drug-likeness (QED) is 0.819. The first-order chi connectivity index (χ1) is 12.4. The Morgan fingerprint density at radius 1 is 1.15 bits per heavy atom. The van der Waals surface area contributed by atoms with Gasteiger partial charge in [-0.05, 0) is 79.7 Å². The average molecular weight is 358 g/mol. The van der Waals surface area contributed by atoms with Crippen LogP contribution in [-0.2, 0) is 4.79 Å². The first-order valence-electron chi connectivity index (χ1n) is 10.1.